The normalized spacial score (nSPS) is 10.3. The first-order valence-electron chi connectivity index (χ1n) is 3.38. The summed E-state index contributed by atoms with van der Waals surface area (Å²) in [5, 5.41) is 0. The zero-order chi connectivity index (χ0) is 7.68. The van der Waals surface area contributed by atoms with Crippen molar-refractivity contribution in [2.75, 3.05) is 7.11 Å². The van der Waals surface area contributed by atoms with Crippen molar-refractivity contribution in [3.05, 3.63) is 24.4 Å². The molecule has 2 aromatic heterocycles. The molecule has 0 bridgehead atoms. The van der Waals surface area contributed by atoms with Gasteiger partial charge in [0.2, 0.25) is 5.88 Å². The highest BCUT2D eigenvalue weighted by molar-refractivity contribution is 5.75. The minimum Gasteiger partial charge on any atom is -0.481 e. The van der Waals surface area contributed by atoms with Crippen molar-refractivity contribution in [3.8, 4) is 5.88 Å². The van der Waals surface area contributed by atoms with E-state index in [4.69, 9.17) is 4.74 Å². The highest BCUT2D eigenvalue weighted by Crippen LogP contribution is 2.13. The van der Waals surface area contributed by atoms with Gasteiger partial charge in [-0.1, -0.05) is 0 Å². The summed E-state index contributed by atoms with van der Waals surface area (Å²) in [5.74, 6) is 0.650. The van der Waals surface area contributed by atoms with Gasteiger partial charge in [0, 0.05) is 12.3 Å². The fourth-order valence-corrected chi connectivity index (χ4v) is 1.03. The Morgan fingerprint density at radius 3 is 3.09 bits per heavy atom. The maximum absolute atomic E-state index is 4.97. The number of aromatic amines is 1. The van der Waals surface area contributed by atoms with E-state index in [0.29, 0.717) is 5.88 Å². The molecule has 0 aromatic carbocycles. The monoisotopic (exact) mass is 148 g/mol. The largest absolute Gasteiger partial charge is 0.481 e. The van der Waals surface area contributed by atoms with Crippen molar-refractivity contribution in [2.24, 2.45) is 0 Å². The van der Waals surface area contributed by atoms with E-state index in [-0.39, 0.29) is 0 Å². The zero-order valence-corrected chi connectivity index (χ0v) is 6.16. The Morgan fingerprint density at radius 1 is 1.36 bits per heavy atom. The van der Waals surface area contributed by atoms with Gasteiger partial charge in [-0.15, -0.1) is 0 Å². The second-order valence-corrected chi connectivity index (χ2v) is 2.26. The van der Waals surface area contributed by atoms with E-state index in [0.717, 1.165) is 11.0 Å². The molecule has 0 saturated carbocycles. The molecule has 0 atom stereocenters. The number of hydrogen-bond acceptors (Lipinski definition) is 2. The Labute approximate surface area is 64.0 Å². The molecular formula is C8H8N2O. The molecular weight excluding hydrogens is 140 g/mol. The van der Waals surface area contributed by atoms with Crippen molar-refractivity contribution in [2.45, 2.75) is 0 Å². The number of nitrogens with one attached hydrogen (secondary N) is 1. The van der Waals surface area contributed by atoms with Gasteiger partial charge in [-0.3, -0.25) is 0 Å². The highest BCUT2D eigenvalue weighted by atomic mass is 16.5. The summed E-state index contributed by atoms with van der Waals surface area (Å²) in [6.07, 6.45) is 1.86. The molecule has 0 amide bonds. The van der Waals surface area contributed by atoms with Gasteiger partial charge in [0.25, 0.3) is 0 Å². The second-order valence-electron chi connectivity index (χ2n) is 2.26. The maximum atomic E-state index is 4.97. The van der Waals surface area contributed by atoms with E-state index in [1.165, 1.54) is 0 Å². The van der Waals surface area contributed by atoms with Crippen LogP contribution in [-0.4, -0.2) is 17.1 Å². The molecule has 3 heteroatoms. The lowest BCUT2D eigenvalue weighted by Crippen LogP contribution is -1.85. The number of pyridine rings is 1. The Kier molecular flexibility index (Phi) is 1.28. The molecule has 11 heavy (non-hydrogen) atoms. The number of ether oxygens (including phenoxy) is 1. The van der Waals surface area contributed by atoms with E-state index in [9.17, 15) is 0 Å². The minimum atomic E-state index is 0.650. The van der Waals surface area contributed by atoms with Crippen LogP contribution < -0.4 is 4.74 Å². The van der Waals surface area contributed by atoms with E-state index < -0.39 is 0 Å². The van der Waals surface area contributed by atoms with Crippen molar-refractivity contribution in [1.82, 2.24) is 9.97 Å². The molecule has 2 heterocycles. The Hall–Kier alpha value is -1.51. The summed E-state index contributed by atoms with van der Waals surface area (Å²) in [6, 6.07) is 5.69. The fraction of sp³-hybridized carbons (Fsp3) is 0.125. The lowest BCUT2D eigenvalue weighted by atomic mass is 10.4. The highest BCUT2D eigenvalue weighted by Gasteiger charge is 1.96. The number of methoxy groups -OCH3 is 1. The third-order valence-electron chi connectivity index (χ3n) is 1.59. The quantitative estimate of drug-likeness (QED) is 0.666. The molecule has 3 nitrogen and oxygen atoms in total. The topological polar surface area (TPSA) is 37.9 Å². The van der Waals surface area contributed by atoms with Crippen LogP contribution in [-0.2, 0) is 0 Å². The van der Waals surface area contributed by atoms with Crippen LogP contribution in [0.1, 0.15) is 0 Å². The number of rotatable bonds is 1. The molecule has 0 fully saturated rings. The lowest BCUT2D eigenvalue weighted by molar-refractivity contribution is 0.399. The second kappa shape index (κ2) is 2.27. The van der Waals surface area contributed by atoms with Gasteiger partial charge < -0.3 is 9.72 Å². The fourth-order valence-electron chi connectivity index (χ4n) is 1.03. The molecule has 2 aromatic rings. The molecule has 56 valence electrons. The van der Waals surface area contributed by atoms with Crippen LogP contribution >= 0.6 is 0 Å². The number of aromatic nitrogens is 2. The van der Waals surface area contributed by atoms with E-state index in [1.807, 2.05) is 24.4 Å². The Morgan fingerprint density at radius 2 is 2.27 bits per heavy atom. The summed E-state index contributed by atoms with van der Waals surface area (Å²) >= 11 is 0. The summed E-state index contributed by atoms with van der Waals surface area (Å²) in [5.41, 5.74) is 1.97. The summed E-state index contributed by atoms with van der Waals surface area (Å²) in [6.45, 7) is 0. The average Bonchev–Trinajstić information content (AvgIpc) is 2.50. The van der Waals surface area contributed by atoms with Crippen LogP contribution in [0.3, 0.4) is 0 Å². The third-order valence-corrected chi connectivity index (χ3v) is 1.59. The van der Waals surface area contributed by atoms with Gasteiger partial charge >= 0.3 is 0 Å². The molecule has 0 saturated heterocycles. The third kappa shape index (κ3) is 0.941. The van der Waals surface area contributed by atoms with E-state index >= 15 is 0 Å². The lowest BCUT2D eigenvalue weighted by Gasteiger charge is -1.96. The van der Waals surface area contributed by atoms with Gasteiger partial charge in [-0.25, -0.2) is 4.98 Å². The SMILES string of the molecule is COc1ccc2[nH]ccc2n1. The van der Waals surface area contributed by atoms with E-state index in [1.54, 1.807) is 7.11 Å². The maximum Gasteiger partial charge on any atom is 0.213 e. The number of nitrogens with zero attached hydrogens (tertiary/aromatic N) is 1. The standard InChI is InChI=1S/C8H8N2O/c1-11-8-3-2-6-7(10-8)4-5-9-6/h2-5,9H,1H3. The predicted octanol–water partition coefficient (Wildman–Crippen LogP) is 1.57. The molecule has 2 rings (SSSR count). The van der Waals surface area contributed by atoms with Gasteiger partial charge in [0.15, 0.2) is 0 Å². The Bertz CT molecular complexity index is 367. The first kappa shape index (κ1) is 6.22. The number of H-pyrrole nitrogens is 1. The van der Waals surface area contributed by atoms with Crippen molar-refractivity contribution >= 4 is 11.0 Å². The van der Waals surface area contributed by atoms with Crippen molar-refractivity contribution in [1.29, 1.82) is 0 Å². The molecule has 0 aliphatic rings. The predicted molar refractivity (Wildman–Crippen MR) is 42.6 cm³/mol. The number of fused-ring (bicyclic) bond motifs is 1. The molecule has 0 aliphatic carbocycles. The van der Waals surface area contributed by atoms with Crippen LogP contribution in [0, 0.1) is 0 Å². The molecule has 0 unspecified atom stereocenters. The molecule has 1 N–H and O–H groups in total. The Balaban J connectivity index is 2.67. The summed E-state index contributed by atoms with van der Waals surface area (Å²) < 4.78 is 4.97. The van der Waals surface area contributed by atoms with Crippen LogP contribution in [0.25, 0.3) is 11.0 Å². The zero-order valence-electron chi connectivity index (χ0n) is 6.16. The van der Waals surface area contributed by atoms with Gasteiger partial charge in [-0.2, -0.15) is 0 Å². The molecule has 0 spiro atoms. The van der Waals surface area contributed by atoms with Crippen molar-refractivity contribution < 1.29 is 4.74 Å². The summed E-state index contributed by atoms with van der Waals surface area (Å²) in [4.78, 5) is 7.25. The van der Waals surface area contributed by atoms with Gasteiger partial charge in [0.1, 0.15) is 0 Å². The van der Waals surface area contributed by atoms with Gasteiger partial charge in [0.05, 0.1) is 18.1 Å². The average molecular weight is 148 g/mol. The first-order chi connectivity index (χ1) is 5.40. The first-order valence-corrected chi connectivity index (χ1v) is 3.38. The van der Waals surface area contributed by atoms with Crippen LogP contribution in [0.15, 0.2) is 24.4 Å². The van der Waals surface area contributed by atoms with E-state index in [2.05, 4.69) is 9.97 Å². The molecule has 0 radical (unpaired) electrons. The molecule has 0 aliphatic heterocycles. The van der Waals surface area contributed by atoms with Gasteiger partial charge in [-0.05, 0) is 12.1 Å². The van der Waals surface area contributed by atoms with Crippen LogP contribution in [0.2, 0.25) is 0 Å². The number of hydrogen-bond donors (Lipinski definition) is 1. The van der Waals surface area contributed by atoms with Crippen molar-refractivity contribution in [3.63, 3.8) is 0 Å². The minimum absolute atomic E-state index is 0.650. The summed E-state index contributed by atoms with van der Waals surface area (Å²) in [7, 11) is 1.61. The van der Waals surface area contributed by atoms with Crippen LogP contribution in [0.5, 0.6) is 5.88 Å². The van der Waals surface area contributed by atoms with Crippen LogP contribution in [0.4, 0.5) is 0 Å². The smallest absolute Gasteiger partial charge is 0.213 e.